The second kappa shape index (κ2) is 7.97. The zero-order valence-electron chi connectivity index (χ0n) is 14.9. The number of anilines is 2. The number of aromatic nitrogens is 2. The van der Waals surface area contributed by atoms with Gasteiger partial charge in [-0.25, -0.2) is 14.8 Å². The number of alkyl halides is 3. The van der Waals surface area contributed by atoms with Crippen molar-refractivity contribution >= 4 is 39.4 Å². The van der Waals surface area contributed by atoms with Crippen LogP contribution >= 0.6 is 15.9 Å². The maximum absolute atomic E-state index is 13.5. The Morgan fingerprint density at radius 3 is 2.52 bits per heavy atom. The van der Waals surface area contributed by atoms with Crippen LogP contribution in [0.2, 0.25) is 0 Å². The number of hydrogen-bond donors (Lipinski definition) is 2. The molecule has 0 spiro atoms. The van der Waals surface area contributed by atoms with Gasteiger partial charge in [-0.2, -0.15) is 13.2 Å². The second-order valence-electron chi connectivity index (χ2n) is 6.54. The third kappa shape index (κ3) is 4.66. The molecule has 0 unspecified atom stereocenters. The molecule has 1 aromatic carbocycles. The zero-order valence-corrected chi connectivity index (χ0v) is 16.5. The van der Waals surface area contributed by atoms with Gasteiger partial charge in [0.15, 0.2) is 11.3 Å². The van der Waals surface area contributed by atoms with E-state index in [-0.39, 0.29) is 18.8 Å². The minimum absolute atomic E-state index is 0.165. The van der Waals surface area contributed by atoms with Crippen LogP contribution in [-0.2, 0) is 15.7 Å². The van der Waals surface area contributed by atoms with Gasteiger partial charge in [0.2, 0.25) is 5.95 Å². The highest BCUT2D eigenvalue weighted by molar-refractivity contribution is 9.10. The minimum Gasteiger partial charge on any atom is -0.445 e. The first kappa shape index (κ1) is 21.0. The van der Waals surface area contributed by atoms with Gasteiger partial charge in [0.1, 0.15) is 5.56 Å². The molecule has 0 bridgehead atoms. The van der Waals surface area contributed by atoms with Gasteiger partial charge >= 0.3 is 12.1 Å². The highest BCUT2D eigenvalue weighted by atomic mass is 79.9. The van der Waals surface area contributed by atoms with Crippen molar-refractivity contribution < 1.29 is 27.5 Å². The Morgan fingerprint density at radius 2 is 1.93 bits per heavy atom. The maximum Gasteiger partial charge on any atom is 0.434 e. The van der Waals surface area contributed by atoms with E-state index in [1.807, 2.05) is 0 Å². The van der Waals surface area contributed by atoms with Crippen LogP contribution in [0, 0.1) is 0 Å². The number of nitrogens with zero attached hydrogens (tertiary/aromatic N) is 2. The van der Waals surface area contributed by atoms with Crippen LogP contribution in [0.25, 0.3) is 0 Å². The van der Waals surface area contributed by atoms with E-state index in [4.69, 9.17) is 10.5 Å². The molecule has 154 valence electrons. The van der Waals surface area contributed by atoms with E-state index in [1.54, 1.807) is 24.3 Å². The van der Waals surface area contributed by atoms with Crippen molar-refractivity contribution in [2.75, 3.05) is 5.32 Å². The molecule has 1 heterocycles. The molecule has 3 rings (SSSR count). The average molecular weight is 473 g/mol. The van der Waals surface area contributed by atoms with Crippen molar-refractivity contribution in [2.24, 2.45) is 5.73 Å². The van der Waals surface area contributed by atoms with Gasteiger partial charge in [0, 0.05) is 16.4 Å². The van der Waals surface area contributed by atoms with Crippen LogP contribution in [0.15, 0.2) is 34.9 Å². The van der Waals surface area contributed by atoms with E-state index < -0.39 is 34.9 Å². The number of carbonyl (C=O) groups is 2. The fourth-order valence-corrected chi connectivity index (χ4v) is 3.48. The van der Waals surface area contributed by atoms with Crippen LogP contribution in [0.5, 0.6) is 0 Å². The Labute approximate surface area is 172 Å². The molecule has 11 heteroatoms. The molecule has 1 aliphatic rings. The summed E-state index contributed by atoms with van der Waals surface area (Å²) in [6.45, 7) is 0. The summed E-state index contributed by atoms with van der Waals surface area (Å²) < 4.78 is 46.4. The molecular formula is C18H16BrF3N4O3. The van der Waals surface area contributed by atoms with Crippen LogP contribution < -0.4 is 11.1 Å². The number of halogens is 4. The predicted octanol–water partition coefficient (Wildman–Crippen LogP) is 3.96. The molecule has 3 N–H and O–H groups in total. The average Bonchev–Trinajstić information content (AvgIpc) is 3.11. The number of ether oxygens (including phenoxy) is 1. The molecule has 0 atom stereocenters. The molecular weight excluding hydrogens is 457 g/mol. The van der Waals surface area contributed by atoms with Gasteiger partial charge in [-0.3, -0.25) is 4.79 Å². The van der Waals surface area contributed by atoms with Crippen LogP contribution in [0.1, 0.15) is 41.7 Å². The van der Waals surface area contributed by atoms with Gasteiger partial charge in [0.05, 0.1) is 0 Å². The second-order valence-corrected chi connectivity index (χ2v) is 7.46. The molecule has 0 aliphatic heterocycles. The smallest absolute Gasteiger partial charge is 0.434 e. The molecule has 1 aromatic heterocycles. The van der Waals surface area contributed by atoms with Crippen molar-refractivity contribution in [3.63, 3.8) is 0 Å². The third-order valence-electron chi connectivity index (χ3n) is 4.51. The Morgan fingerprint density at radius 1 is 1.24 bits per heavy atom. The first-order chi connectivity index (χ1) is 13.6. The lowest BCUT2D eigenvalue weighted by atomic mass is 10.0. The van der Waals surface area contributed by atoms with E-state index in [9.17, 15) is 22.8 Å². The van der Waals surface area contributed by atoms with E-state index in [2.05, 4.69) is 31.2 Å². The van der Waals surface area contributed by atoms with Gasteiger partial charge in [0.25, 0.3) is 5.91 Å². The molecule has 0 radical (unpaired) electrons. The lowest BCUT2D eigenvalue weighted by Gasteiger charge is -2.25. The number of hydrogen-bond acceptors (Lipinski definition) is 6. The first-order valence-electron chi connectivity index (χ1n) is 8.61. The zero-order chi connectivity index (χ0) is 21.2. The lowest BCUT2D eigenvalue weighted by Crippen LogP contribution is -2.45. The van der Waals surface area contributed by atoms with E-state index >= 15 is 0 Å². The Balaban J connectivity index is 1.92. The Kier molecular flexibility index (Phi) is 5.78. The maximum atomic E-state index is 13.5. The van der Waals surface area contributed by atoms with Crippen molar-refractivity contribution in [1.29, 1.82) is 0 Å². The van der Waals surface area contributed by atoms with Crippen LogP contribution in [-0.4, -0.2) is 27.4 Å². The number of rotatable bonds is 5. The number of nitrogens with one attached hydrogen (secondary N) is 1. The number of primary amides is 1. The number of esters is 1. The van der Waals surface area contributed by atoms with Crippen molar-refractivity contribution in [3.05, 3.63) is 46.2 Å². The third-order valence-corrected chi connectivity index (χ3v) is 5.00. The van der Waals surface area contributed by atoms with Crippen molar-refractivity contribution in [1.82, 2.24) is 9.97 Å². The van der Waals surface area contributed by atoms with E-state index in [1.165, 1.54) is 0 Å². The summed E-state index contributed by atoms with van der Waals surface area (Å²) >= 11 is 3.25. The van der Waals surface area contributed by atoms with Crippen LogP contribution in [0.4, 0.5) is 24.8 Å². The van der Waals surface area contributed by atoms with Gasteiger partial charge < -0.3 is 15.8 Å². The standard InChI is InChI=1S/C18H16BrF3N4O3/c19-10-4-3-5-11(8-10)25-16-24-9-12(13(26-16)18(20,21)22)14(27)29-17(15(23)28)6-1-2-7-17/h3-5,8-9H,1-2,6-7H2,(H2,23,28)(H,24,25,26). The van der Waals surface area contributed by atoms with Gasteiger partial charge in [-0.1, -0.05) is 22.0 Å². The fourth-order valence-electron chi connectivity index (χ4n) is 3.08. The molecule has 1 fully saturated rings. The quantitative estimate of drug-likeness (QED) is 0.637. The van der Waals surface area contributed by atoms with Crippen molar-refractivity contribution in [3.8, 4) is 0 Å². The number of nitrogens with two attached hydrogens (primary N) is 1. The summed E-state index contributed by atoms with van der Waals surface area (Å²) in [5, 5.41) is 2.64. The van der Waals surface area contributed by atoms with Crippen molar-refractivity contribution in [2.45, 2.75) is 37.5 Å². The van der Waals surface area contributed by atoms with E-state index in [0.717, 1.165) is 6.20 Å². The largest absolute Gasteiger partial charge is 0.445 e. The first-order valence-corrected chi connectivity index (χ1v) is 9.40. The summed E-state index contributed by atoms with van der Waals surface area (Å²) in [4.78, 5) is 31.4. The number of benzene rings is 1. The Bertz CT molecular complexity index is 946. The summed E-state index contributed by atoms with van der Waals surface area (Å²) in [6, 6.07) is 6.65. The molecule has 2 aromatic rings. The highest BCUT2D eigenvalue weighted by Crippen LogP contribution is 2.36. The minimum atomic E-state index is -4.94. The number of amides is 1. The SMILES string of the molecule is NC(=O)C1(OC(=O)c2cnc(Nc3cccc(Br)c3)nc2C(F)(F)F)CCCC1. The monoisotopic (exact) mass is 472 g/mol. The molecule has 1 saturated carbocycles. The summed E-state index contributed by atoms with van der Waals surface area (Å²) in [5.74, 6) is -2.57. The predicted molar refractivity (Wildman–Crippen MR) is 100 cm³/mol. The molecule has 0 saturated heterocycles. The highest BCUT2D eigenvalue weighted by Gasteiger charge is 2.46. The van der Waals surface area contributed by atoms with Gasteiger partial charge in [-0.05, 0) is 43.9 Å². The normalized spacial score (nSPS) is 15.7. The molecule has 1 aliphatic carbocycles. The fraction of sp³-hybridized carbons (Fsp3) is 0.333. The lowest BCUT2D eigenvalue weighted by molar-refractivity contribution is -0.142. The topological polar surface area (TPSA) is 107 Å². The summed E-state index contributed by atoms with van der Waals surface area (Å²) in [6.07, 6.45) is -2.73. The summed E-state index contributed by atoms with van der Waals surface area (Å²) in [5.41, 5.74) is 1.81. The molecule has 29 heavy (non-hydrogen) atoms. The summed E-state index contributed by atoms with van der Waals surface area (Å²) in [7, 11) is 0. The molecule has 7 nitrogen and oxygen atoms in total. The number of carbonyl (C=O) groups excluding carboxylic acids is 2. The van der Waals surface area contributed by atoms with Crippen LogP contribution in [0.3, 0.4) is 0 Å². The van der Waals surface area contributed by atoms with Gasteiger partial charge in [-0.15, -0.1) is 0 Å². The van der Waals surface area contributed by atoms with E-state index in [0.29, 0.717) is 23.0 Å². The molecule has 1 amide bonds. The Hall–Kier alpha value is -2.69.